The molecule has 1 unspecified atom stereocenters. The molecule has 0 bridgehead atoms. The van der Waals surface area contributed by atoms with Crippen LogP contribution in [0.1, 0.15) is 20.8 Å². The van der Waals surface area contributed by atoms with Crippen LogP contribution in [0.2, 0.25) is 0 Å². The van der Waals surface area contributed by atoms with E-state index in [4.69, 9.17) is 0 Å². The predicted molar refractivity (Wildman–Crippen MR) is 76.7 cm³/mol. The molecule has 3 nitrogen and oxygen atoms in total. The van der Waals surface area contributed by atoms with E-state index in [0.717, 1.165) is 19.6 Å². The SMILES string of the molecule is CCN(C)C(=CC([SiH3])N(C)CC)N(C)CC. The Morgan fingerprint density at radius 3 is 1.75 bits per heavy atom. The van der Waals surface area contributed by atoms with E-state index in [9.17, 15) is 0 Å². The molecule has 0 rings (SSSR count). The van der Waals surface area contributed by atoms with E-state index in [-0.39, 0.29) is 0 Å². The minimum absolute atomic E-state index is 0.614. The molecule has 0 N–H and O–H groups in total. The van der Waals surface area contributed by atoms with E-state index in [2.05, 4.69) is 62.7 Å². The third-order valence-corrected chi connectivity index (χ3v) is 4.53. The molecule has 96 valence electrons. The van der Waals surface area contributed by atoms with Gasteiger partial charge in [0.05, 0.1) is 0 Å². The van der Waals surface area contributed by atoms with Crippen LogP contribution < -0.4 is 0 Å². The molecule has 0 aliphatic carbocycles. The summed E-state index contributed by atoms with van der Waals surface area (Å²) in [4.78, 5) is 7.04. The maximum absolute atomic E-state index is 2.41. The van der Waals surface area contributed by atoms with Crippen molar-refractivity contribution in [2.75, 3.05) is 40.8 Å². The third-order valence-electron chi connectivity index (χ3n) is 3.32. The van der Waals surface area contributed by atoms with Crippen LogP contribution in [0.3, 0.4) is 0 Å². The summed E-state index contributed by atoms with van der Waals surface area (Å²) in [5.41, 5.74) is 0.614. The molecule has 1 atom stereocenters. The molecule has 4 heteroatoms. The molecule has 0 aromatic heterocycles. The first-order valence-electron chi connectivity index (χ1n) is 6.32. The van der Waals surface area contributed by atoms with Gasteiger partial charge < -0.3 is 14.7 Å². The largest absolute Gasteiger partial charge is 0.362 e. The van der Waals surface area contributed by atoms with Gasteiger partial charge in [0.15, 0.2) is 0 Å². The number of hydrogen-bond donors (Lipinski definition) is 0. The molecule has 0 heterocycles. The quantitative estimate of drug-likeness (QED) is 0.599. The highest BCUT2D eigenvalue weighted by molar-refractivity contribution is 6.13. The highest BCUT2D eigenvalue weighted by atomic mass is 28.1. The predicted octanol–water partition coefficient (Wildman–Crippen LogP) is 0.374. The lowest BCUT2D eigenvalue weighted by Crippen LogP contribution is -2.36. The first-order valence-corrected chi connectivity index (χ1v) is 7.47. The Labute approximate surface area is 105 Å². The highest BCUT2D eigenvalue weighted by Crippen LogP contribution is 2.08. The first-order chi connectivity index (χ1) is 7.47. The maximum Gasteiger partial charge on any atom is 0.100 e. The molecular weight excluding hydrogens is 214 g/mol. The van der Waals surface area contributed by atoms with Crippen LogP contribution in [0.4, 0.5) is 0 Å². The molecule has 0 spiro atoms. The normalized spacial score (nSPS) is 12.7. The highest BCUT2D eigenvalue weighted by Gasteiger charge is 2.11. The number of likely N-dealkylation sites (N-methyl/N-ethyl adjacent to an activating group) is 1. The summed E-state index contributed by atoms with van der Waals surface area (Å²) in [5.74, 6) is 1.35. The van der Waals surface area contributed by atoms with Crippen molar-refractivity contribution in [3.05, 3.63) is 11.9 Å². The average Bonchev–Trinajstić information content (AvgIpc) is 2.32. The fourth-order valence-electron chi connectivity index (χ4n) is 1.50. The van der Waals surface area contributed by atoms with Crippen molar-refractivity contribution in [1.82, 2.24) is 14.7 Å². The Kier molecular flexibility index (Phi) is 7.50. The van der Waals surface area contributed by atoms with E-state index in [0.29, 0.717) is 5.67 Å². The van der Waals surface area contributed by atoms with Gasteiger partial charge in [-0.15, -0.1) is 0 Å². The second-order valence-electron chi connectivity index (χ2n) is 4.37. The van der Waals surface area contributed by atoms with Gasteiger partial charge in [-0.2, -0.15) is 0 Å². The molecule has 0 radical (unpaired) electrons. The van der Waals surface area contributed by atoms with Crippen LogP contribution in [0, 0.1) is 0 Å². The molecule has 0 fully saturated rings. The molecule has 16 heavy (non-hydrogen) atoms. The lowest BCUT2D eigenvalue weighted by Gasteiger charge is -2.31. The molecule has 0 aliphatic rings. The molecule has 0 saturated carbocycles. The van der Waals surface area contributed by atoms with Gasteiger partial charge in [-0.25, -0.2) is 0 Å². The minimum atomic E-state index is 0.614. The molecule has 0 aliphatic heterocycles. The van der Waals surface area contributed by atoms with Gasteiger partial charge in [-0.05, 0) is 33.5 Å². The van der Waals surface area contributed by atoms with E-state index >= 15 is 0 Å². The second-order valence-corrected chi connectivity index (χ2v) is 5.55. The average molecular weight is 243 g/mol. The molecule has 0 saturated heterocycles. The zero-order valence-corrected chi connectivity index (χ0v) is 14.1. The summed E-state index contributed by atoms with van der Waals surface area (Å²) in [5, 5.41) is 0. The second kappa shape index (κ2) is 7.74. The van der Waals surface area contributed by atoms with Crippen molar-refractivity contribution in [2.45, 2.75) is 26.4 Å². The number of nitrogens with zero attached hydrogens (tertiary/aromatic N) is 3. The fraction of sp³-hybridized carbons (Fsp3) is 0.833. The van der Waals surface area contributed by atoms with Crippen molar-refractivity contribution in [1.29, 1.82) is 0 Å². The van der Waals surface area contributed by atoms with E-state index in [1.54, 1.807) is 0 Å². The topological polar surface area (TPSA) is 9.72 Å². The van der Waals surface area contributed by atoms with Crippen LogP contribution in [0.5, 0.6) is 0 Å². The van der Waals surface area contributed by atoms with Crippen LogP contribution in [0.25, 0.3) is 0 Å². The lowest BCUT2D eigenvalue weighted by molar-refractivity contribution is 0.274. The summed E-state index contributed by atoms with van der Waals surface area (Å²) in [6, 6.07) is 0. The smallest absolute Gasteiger partial charge is 0.100 e. The van der Waals surface area contributed by atoms with Gasteiger partial charge in [0.1, 0.15) is 5.82 Å². The van der Waals surface area contributed by atoms with Crippen molar-refractivity contribution in [3.8, 4) is 0 Å². The molecule has 0 aromatic carbocycles. The van der Waals surface area contributed by atoms with Crippen molar-refractivity contribution >= 4 is 10.2 Å². The van der Waals surface area contributed by atoms with Crippen LogP contribution in [-0.4, -0.2) is 71.4 Å². The summed E-state index contributed by atoms with van der Waals surface area (Å²) in [7, 11) is 7.70. The Hall–Kier alpha value is -0.483. The zero-order valence-electron chi connectivity index (χ0n) is 12.1. The van der Waals surface area contributed by atoms with Gasteiger partial charge >= 0.3 is 0 Å². The molecule has 0 amide bonds. The first kappa shape index (κ1) is 15.5. The Bertz CT molecular complexity index is 206. The van der Waals surface area contributed by atoms with Gasteiger partial charge in [-0.1, -0.05) is 6.92 Å². The van der Waals surface area contributed by atoms with Gasteiger partial charge in [-0.3, -0.25) is 0 Å². The summed E-state index contributed by atoms with van der Waals surface area (Å²) >= 11 is 0. The van der Waals surface area contributed by atoms with E-state index in [1.807, 2.05) is 0 Å². The van der Waals surface area contributed by atoms with E-state index < -0.39 is 0 Å². The van der Waals surface area contributed by atoms with Gasteiger partial charge in [0.25, 0.3) is 0 Å². The van der Waals surface area contributed by atoms with E-state index in [1.165, 1.54) is 16.1 Å². The summed E-state index contributed by atoms with van der Waals surface area (Å²) in [6.45, 7) is 9.83. The van der Waals surface area contributed by atoms with Crippen LogP contribution in [-0.2, 0) is 0 Å². The molecular formula is C12H29N3Si. The summed E-state index contributed by atoms with van der Waals surface area (Å²) in [6.07, 6.45) is 2.41. The van der Waals surface area contributed by atoms with Crippen molar-refractivity contribution in [2.24, 2.45) is 0 Å². The Morgan fingerprint density at radius 1 is 1.00 bits per heavy atom. The zero-order chi connectivity index (χ0) is 12.7. The number of rotatable bonds is 7. The Morgan fingerprint density at radius 2 is 1.44 bits per heavy atom. The summed E-state index contributed by atoms with van der Waals surface area (Å²) < 4.78 is 0. The van der Waals surface area contributed by atoms with Crippen LogP contribution in [0.15, 0.2) is 11.9 Å². The fourth-order valence-corrected chi connectivity index (χ4v) is 2.16. The maximum atomic E-state index is 2.41. The lowest BCUT2D eigenvalue weighted by atomic mass is 10.4. The standard InChI is InChI=1S/C12H29N3Si/c1-7-13(4)11(14(5)8-2)10-12(16)15(6)9-3/h10,12H,7-9H2,1-6,16H3. The van der Waals surface area contributed by atoms with Crippen LogP contribution >= 0.6 is 0 Å². The van der Waals surface area contributed by atoms with Gasteiger partial charge in [0, 0.05) is 43.1 Å². The molecule has 0 aromatic rings. The van der Waals surface area contributed by atoms with Gasteiger partial charge in [0.2, 0.25) is 0 Å². The van der Waals surface area contributed by atoms with Crippen molar-refractivity contribution in [3.63, 3.8) is 0 Å². The monoisotopic (exact) mass is 243 g/mol. The third kappa shape index (κ3) is 4.57. The Balaban J connectivity index is 4.80. The van der Waals surface area contributed by atoms with Crippen molar-refractivity contribution < 1.29 is 0 Å². The minimum Gasteiger partial charge on any atom is -0.362 e. The number of hydrogen-bond acceptors (Lipinski definition) is 3.